The second-order valence-electron chi connectivity index (χ2n) is 5.02. The van der Waals surface area contributed by atoms with Crippen molar-refractivity contribution in [1.29, 1.82) is 0 Å². The molecule has 0 saturated heterocycles. The van der Waals surface area contributed by atoms with Crippen molar-refractivity contribution in [3.63, 3.8) is 0 Å². The number of anilines is 1. The monoisotopic (exact) mass is 267 g/mol. The van der Waals surface area contributed by atoms with E-state index in [-0.39, 0.29) is 18.3 Å². The van der Waals surface area contributed by atoms with E-state index in [2.05, 4.69) is 5.32 Å². The van der Waals surface area contributed by atoms with Gasteiger partial charge in [0.05, 0.1) is 16.1 Å². The Labute approximate surface area is 110 Å². The molecule has 5 heteroatoms. The van der Waals surface area contributed by atoms with E-state index in [1.54, 1.807) is 26.0 Å². The van der Waals surface area contributed by atoms with Gasteiger partial charge in [0.2, 0.25) is 5.91 Å². The number of carbonyl (C=O) groups excluding carboxylic acids is 2. The Morgan fingerprint density at radius 3 is 2.72 bits per heavy atom. The van der Waals surface area contributed by atoms with Crippen LogP contribution < -0.4 is 10.1 Å². The van der Waals surface area contributed by atoms with Gasteiger partial charge in [-0.05, 0) is 32.9 Å². The van der Waals surface area contributed by atoms with Crippen molar-refractivity contribution in [2.45, 2.75) is 20.8 Å². The first-order valence-electron chi connectivity index (χ1n) is 5.60. The lowest BCUT2D eigenvalue weighted by Gasteiger charge is -2.18. The molecule has 0 atom stereocenters. The molecule has 4 nitrogen and oxygen atoms in total. The second kappa shape index (κ2) is 4.28. The van der Waals surface area contributed by atoms with Gasteiger partial charge in [0.1, 0.15) is 6.61 Å². The fourth-order valence-corrected chi connectivity index (χ4v) is 1.92. The van der Waals surface area contributed by atoms with E-state index in [0.717, 1.165) is 0 Å². The van der Waals surface area contributed by atoms with E-state index in [4.69, 9.17) is 16.3 Å². The summed E-state index contributed by atoms with van der Waals surface area (Å²) in [5.74, 6) is 0.149. The van der Waals surface area contributed by atoms with Crippen molar-refractivity contribution in [1.82, 2.24) is 0 Å². The zero-order chi connectivity index (χ0) is 13.5. The summed E-state index contributed by atoms with van der Waals surface area (Å²) < 4.78 is 5.57. The molecule has 0 spiro atoms. The van der Waals surface area contributed by atoms with Crippen molar-refractivity contribution in [3.05, 3.63) is 22.7 Å². The number of rotatable bonds is 1. The van der Waals surface area contributed by atoms with Crippen LogP contribution in [0.1, 0.15) is 31.1 Å². The minimum Gasteiger partial charge on any atom is -0.489 e. The standard InChI is InChI=1S/C13H14ClNO3/c1-7(16)8-4-9(14)11-10(5-8)15-12(17)13(2,3)6-18-11/h4-5H,6H2,1-3H3,(H,15,17). The van der Waals surface area contributed by atoms with E-state index in [0.29, 0.717) is 22.0 Å². The van der Waals surface area contributed by atoms with Crippen LogP contribution in [-0.2, 0) is 4.79 Å². The Bertz CT molecular complexity index is 537. The number of Topliss-reactive ketones (excluding diaryl/α,β-unsaturated/α-hetero) is 1. The van der Waals surface area contributed by atoms with E-state index in [1.807, 2.05) is 0 Å². The molecule has 1 aliphatic rings. The molecule has 1 aromatic carbocycles. The molecule has 0 aromatic heterocycles. The predicted molar refractivity (Wildman–Crippen MR) is 69.4 cm³/mol. The number of ether oxygens (including phenoxy) is 1. The second-order valence-corrected chi connectivity index (χ2v) is 5.42. The summed E-state index contributed by atoms with van der Waals surface area (Å²) in [6, 6.07) is 3.13. The van der Waals surface area contributed by atoms with Crippen molar-refractivity contribution in [3.8, 4) is 5.75 Å². The minimum atomic E-state index is -0.640. The Kier molecular flexibility index (Phi) is 3.07. The third-order valence-corrected chi connectivity index (χ3v) is 3.17. The van der Waals surface area contributed by atoms with Gasteiger partial charge >= 0.3 is 0 Å². The lowest BCUT2D eigenvalue weighted by Crippen LogP contribution is -2.33. The van der Waals surface area contributed by atoms with Gasteiger partial charge in [-0.15, -0.1) is 0 Å². The summed E-state index contributed by atoms with van der Waals surface area (Å²) in [6.07, 6.45) is 0. The van der Waals surface area contributed by atoms with E-state index >= 15 is 0 Å². The summed E-state index contributed by atoms with van der Waals surface area (Å²) in [4.78, 5) is 23.3. The first kappa shape index (κ1) is 12.9. The number of hydrogen-bond acceptors (Lipinski definition) is 3. The van der Waals surface area contributed by atoms with Crippen LogP contribution in [0, 0.1) is 5.41 Å². The SMILES string of the molecule is CC(=O)c1cc(Cl)c2c(c1)NC(=O)C(C)(C)CO2. The van der Waals surface area contributed by atoms with Crippen LogP contribution in [0.25, 0.3) is 0 Å². The Morgan fingerprint density at radius 1 is 1.44 bits per heavy atom. The van der Waals surface area contributed by atoms with Gasteiger partial charge in [0.15, 0.2) is 11.5 Å². The molecule has 0 aliphatic carbocycles. The summed E-state index contributed by atoms with van der Waals surface area (Å²) in [6.45, 7) is 5.26. The average Bonchev–Trinajstić information content (AvgIpc) is 2.37. The van der Waals surface area contributed by atoms with Crippen LogP contribution in [0.15, 0.2) is 12.1 Å². The van der Waals surface area contributed by atoms with Crippen LogP contribution in [0.2, 0.25) is 5.02 Å². The molecule has 0 bridgehead atoms. The maximum atomic E-state index is 12.0. The quantitative estimate of drug-likeness (QED) is 0.796. The number of carbonyl (C=O) groups is 2. The van der Waals surface area contributed by atoms with Gasteiger partial charge in [-0.2, -0.15) is 0 Å². The first-order chi connectivity index (χ1) is 8.31. The molecule has 1 N–H and O–H groups in total. The maximum absolute atomic E-state index is 12.0. The van der Waals surface area contributed by atoms with Crippen LogP contribution >= 0.6 is 11.6 Å². The van der Waals surface area contributed by atoms with Gasteiger partial charge in [-0.1, -0.05) is 11.6 Å². The van der Waals surface area contributed by atoms with E-state index in [1.165, 1.54) is 6.92 Å². The molecule has 18 heavy (non-hydrogen) atoms. The molecular formula is C13H14ClNO3. The molecule has 1 heterocycles. The number of fused-ring (bicyclic) bond motifs is 1. The normalized spacial score (nSPS) is 17.2. The number of hydrogen-bond donors (Lipinski definition) is 1. The van der Waals surface area contributed by atoms with Gasteiger partial charge in [0.25, 0.3) is 0 Å². The minimum absolute atomic E-state index is 0.113. The van der Waals surface area contributed by atoms with Crippen molar-refractivity contribution in [2.24, 2.45) is 5.41 Å². The third-order valence-electron chi connectivity index (χ3n) is 2.89. The molecule has 0 saturated carbocycles. The predicted octanol–water partition coefficient (Wildman–Crippen LogP) is 2.90. The number of amides is 1. The number of halogens is 1. The molecule has 1 aliphatic heterocycles. The summed E-state index contributed by atoms with van der Waals surface area (Å²) >= 11 is 6.08. The molecule has 0 unspecified atom stereocenters. The molecule has 0 radical (unpaired) electrons. The molecule has 1 amide bonds. The lowest BCUT2D eigenvalue weighted by molar-refractivity contribution is -0.124. The number of nitrogens with one attached hydrogen (secondary N) is 1. The van der Waals surface area contributed by atoms with Crippen LogP contribution in [0.3, 0.4) is 0 Å². The highest BCUT2D eigenvalue weighted by Gasteiger charge is 2.33. The summed E-state index contributed by atoms with van der Waals surface area (Å²) in [5.41, 5.74) is 0.254. The van der Waals surface area contributed by atoms with Crippen LogP contribution in [0.5, 0.6) is 5.75 Å². The smallest absolute Gasteiger partial charge is 0.233 e. The highest BCUT2D eigenvalue weighted by Crippen LogP contribution is 2.38. The Balaban J connectivity index is 2.51. The molecule has 2 rings (SSSR count). The highest BCUT2D eigenvalue weighted by molar-refractivity contribution is 6.33. The fourth-order valence-electron chi connectivity index (χ4n) is 1.65. The summed E-state index contributed by atoms with van der Waals surface area (Å²) in [7, 11) is 0. The maximum Gasteiger partial charge on any atom is 0.233 e. The first-order valence-corrected chi connectivity index (χ1v) is 5.98. The van der Waals surface area contributed by atoms with Crippen molar-refractivity contribution < 1.29 is 14.3 Å². The van der Waals surface area contributed by atoms with Gasteiger partial charge in [-0.25, -0.2) is 0 Å². The van der Waals surface area contributed by atoms with E-state index < -0.39 is 5.41 Å². The number of benzene rings is 1. The van der Waals surface area contributed by atoms with Crippen LogP contribution in [-0.4, -0.2) is 18.3 Å². The zero-order valence-electron chi connectivity index (χ0n) is 10.5. The van der Waals surface area contributed by atoms with Gasteiger partial charge < -0.3 is 10.1 Å². The van der Waals surface area contributed by atoms with Crippen LogP contribution in [0.4, 0.5) is 5.69 Å². The molecule has 0 fully saturated rings. The molecule has 96 valence electrons. The lowest BCUT2D eigenvalue weighted by atomic mass is 9.94. The average molecular weight is 268 g/mol. The summed E-state index contributed by atoms with van der Waals surface area (Å²) in [5, 5.41) is 3.08. The van der Waals surface area contributed by atoms with Crippen molar-refractivity contribution in [2.75, 3.05) is 11.9 Å². The molecular weight excluding hydrogens is 254 g/mol. The van der Waals surface area contributed by atoms with Crippen molar-refractivity contribution >= 4 is 29.0 Å². The van der Waals surface area contributed by atoms with Gasteiger partial charge in [-0.3, -0.25) is 9.59 Å². The molecule has 1 aromatic rings. The zero-order valence-corrected chi connectivity index (χ0v) is 11.2. The highest BCUT2D eigenvalue weighted by atomic mass is 35.5. The fraction of sp³-hybridized carbons (Fsp3) is 0.385. The van der Waals surface area contributed by atoms with Gasteiger partial charge in [0, 0.05) is 5.56 Å². The third kappa shape index (κ3) is 2.20. The Hall–Kier alpha value is -1.55. The van der Waals surface area contributed by atoms with E-state index in [9.17, 15) is 9.59 Å². The Morgan fingerprint density at radius 2 is 2.11 bits per heavy atom. The largest absolute Gasteiger partial charge is 0.489 e. The number of ketones is 1. The topological polar surface area (TPSA) is 55.4 Å².